The van der Waals surface area contributed by atoms with Gasteiger partial charge in [0.05, 0.1) is 38.0 Å². The molecule has 2 saturated heterocycles. The number of fused-ring (bicyclic) bond motifs is 2. The van der Waals surface area contributed by atoms with Crippen molar-refractivity contribution in [2.75, 3.05) is 65.1 Å². The van der Waals surface area contributed by atoms with Gasteiger partial charge in [0.1, 0.15) is 24.5 Å². The Morgan fingerprint density at radius 3 is 2.51 bits per heavy atom. The summed E-state index contributed by atoms with van der Waals surface area (Å²) in [6, 6.07) is 10.1. The number of carbonyl (C=O) groups excluding carboxylic acids is 1. The van der Waals surface area contributed by atoms with E-state index in [1.807, 2.05) is 43.3 Å². The molecule has 5 fully saturated rings. The number of rotatable bonds is 13. The number of hydroxylamine groups is 2. The summed E-state index contributed by atoms with van der Waals surface area (Å²) in [6.07, 6.45) is 0.414. The van der Waals surface area contributed by atoms with E-state index in [9.17, 15) is 24.9 Å². The average molecular weight is 709 g/mol. The van der Waals surface area contributed by atoms with Crippen LogP contribution >= 0.6 is 0 Å². The van der Waals surface area contributed by atoms with Gasteiger partial charge in [-0.2, -0.15) is 5.06 Å². The molecule has 3 saturated carbocycles. The number of para-hydroxylation sites is 1. The topological polar surface area (TPSA) is 144 Å². The van der Waals surface area contributed by atoms with Crippen LogP contribution < -0.4 is 15.0 Å². The zero-order valence-corrected chi connectivity index (χ0v) is 30.9. The summed E-state index contributed by atoms with van der Waals surface area (Å²) in [6.45, 7) is 12.3. The summed E-state index contributed by atoms with van der Waals surface area (Å²) >= 11 is 0. The van der Waals surface area contributed by atoms with E-state index in [0.717, 1.165) is 30.8 Å². The summed E-state index contributed by atoms with van der Waals surface area (Å²) < 4.78 is 12.1. The lowest BCUT2D eigenvalue weighted by Gasteiger charge is -2.62. The van der Waals surface area contributed by atoms with Crippen LogP contribution in [0.1, 0.15) is 56.5 Å². The maximum absolute atomic E-state index is 14.3. The van der Waals surface area contributed by atoms with Crippen molar-refractivity contribution < 1.29 is 39.2 Å². The van der Waals surface area contributed by atoms with Crippen LogP contribution in [0.2, 0.25) is 0 Å². The van der Waals surface area contributed by atoms with E-state index in [4.69, 9.17) is 14.3 Å². The second-order valence-electron chi connectivity index (χ2n) is 15.8. The molecule has 280 valence electrons. The van der Waals surface area contributed by atoms with Crippen LogP contribution in [0, 0.1) is 29.1 Å². The first-order chi connectivity index (χ1) is 24.3. The largest absolute Gasteiger partial charge is 0.491 e. The molecule has 2 aromatic carbocycles. The average Bonchev–Trinajstić information content (AvgIpc) is 3.48. The number of carboxylic acids is 1. The zero-order chi connectivity index (χ0) is 36.6. The van der Waals surface area contributed by atoms with Crippen molar-refractivity contribution in [1.29, 1.82) is 0 Å². The number of morpholine rings is 1. The molecule has 2 aromatic rings. The summed E-state index contributed by atoms with van der Waals surface area (Å²) in [5, 5.41) is 36.3. The Morgan fingerprint density at radius 1 is 1.14 bits per heavy atom. The number of hydrogen-bond acceptors (Lipinski definition) is 10. The molecule has 0 radical (unpaired) electrons. The van der Waals surface area contributed by atoms with Crippen molar-refractivity contribution >= 4 is 17.6 Å². The number of anilines is 1. The van der Waals surface area contributed by atoms with Crippen LogP contribution in [-0.4, -0.2) is 122 Å². The van der Waals surface area contributed by atoms with E-state index >= 15 is 0 Å². The normalized spacial score (nSPS) is 29.6. The number of amides is 1. The van der Waals surface area contributed by atoms with Gasteiger partial charge in [0.2, 0.25) is 5.91 Å². The molecule has 1 unspecified atom stereocenters. The van der Waals surface area contributed by atoms with Crippen LogP contribution in [0.3, 0.4) is 0 Å². The molecule has 0 spiro atoms. The Hall–Kier alpha value is -3.26. The van der Waals surface area contributed by atoms with Crippen LogP contribution in [0.5, 0.6) is 5.75 Å². The highest BCUT2D eigenvalue weighted by Crippen LogP contribution is 2.61. The summed E-state index contributed by atoms with van der Waals surface area (Å²) in [7, 11) is 3.73. The van der Waals surface area contributed by atoms with Gasteiger partial charge in [-0.25, -0.2) is 4.79 Å². The molecule has 12 nitrogen and oxygen atoms in total. The van der Waals surface area contributed by atoms with Gasteiger partial charge >= 0.3 is 5.97 Å². The molecule has 4 N–H and O–H groups in total. The predicted molar refractivity (Wildman–Crippen MR) is 193 cm³/mol. The highest BCUT2D eigenvalue weighted by molar-refractivity contribution is 5.92. The van der Waals surface area contributed by atoms with Gasteiger partial charge in [-0.1, -0.05) is 39.0 Å². The van der Waals surface area contributed by atoms with E-state index in [1.54, 1.807) is 24.1 Å². The first-order valence-corrected chi connectivity index (χ1v) is 18.4. The van der Waals surface area contributed by atoms with Gasteiger partial charge in [-0.15, -0.1) is 0 Å². The molecule has 8 atom stereocenters. The summed E-state index contributed by atoms with van der Waals surface area (Å²) in [4.78, 5) is 36.9. The monoisotopic (exact) mass is 708 g/mol. The number of carboxylic acid groups (broad SMARTS) is 1. The fourth-order valence-corrected chi connectivity index (χ4v) is 9.01. The van der Waals surface area contributed by atoms with Crippen LogP contribution in [0.15, 0.2) is 36.4 Å². The first-order valence-electron chi connectivity index (χ1n) is 18.4. The number of carbonyl (C=O) groups is 2. The summed E-state index contributed by atoms with van der Waals surface area (Å²) in [5.74, 6) is 0.0722. The third-order valence-electron chi connectivity index (χ3n) is 12.2. The van der Waals surface area contributed by atoms with Crippen molar-refractivity contribution in [2.45, 2.75) is 71.4 Å². The van der Waals surface area contributed by atoms with Crippen LogP contribution in [-0.2, 0) is 20.9 Å². The number of aromatic carboxylic acids is 1. The van der Waals surface area contributed by atoms with E-state index < -0.39 is 30.1 Å². The molecular weight excluding hydrogens is 652 g/mol. The quantitative estimate of drug-likeness (QED) is 0.243. The van der Waals surface area contributed by atoms with Crippen molar-refractivity contribution in [3.63, 3.8) is 0 Å². The standard InChI is InChI=1S/C39H56N4O8/c1-23-31-19-28(39(31,3)4)20-32(23)40-37(46)35-34(24(2)45)33(22-44)51-43(35)21-25-8-7-9-30(36(25)50-15-12-42-10-13-49-14-11-42)26-16-27(38(47)48)18-29(17-26)41(5)6/h7-9,16-18,23-24,28,31-35,44-45H,10-15,19-22H2,1-6H3,(H,40,46)(H,47,48)/t23-,24-,28?,31-,32-,33-,34+,35-/m0/s1. The Balaban J connectivity index is 1.33. The van der Waals surface area contributed by atoms with E-state index in [1.165, 1.54) is 6.42 Å². The highest BCUT2D eigenvalue weighted by Gasteiger charge is 2.57. The molecule has 51 heavy (non-hydrogen) atoms. The minimum absolute atomic E-state index is 0.0220. The van der Waals surface area contributed by atoms with E-state index in [2.05, 4.69) is 31.0 Å². The molecule has 0 aromatic heterocycles. The Bertz CT molecular complexity index is 1560. The second kappa shape index (κ2) is 15.4. The Labute approximate surface area is 301 Å². The van der Waals surface area contributed by atoms with Crippen molar-refractivity contribution in [3.8, 4) is 16.9 Å². The smallest absolute Gasteiger partial charge is 0.335 e. The summed E-state index contributed by atoms with van der Waals surface area (Å²) in [5.41, 5.74) is 3.29. The lowest BCUT2D eigenvalue weighted by molar-refractivity contribution is -0.183. The Kier molecular flexibility index (Phi) is 11.3. The molecule has 2 heterocycles. The van der Waals surface area contributed by atoms with Crippen molar-refractivity contribution in [3.05, 3.63) is 47.5 Å². The highest BCUT2D eigenvalue weighted by atomic mass is 16.7. The zero-order valence-electron chi connectivity index (χ0n) is 30.9. The second-order valence-corrected chi connectivity index (χ2v) is 15.8. The van der Waals surface area contributed by atoms with E-state index in [0.29, 0.717) is 61.0 Å². The van der Waals surface area contributed by atoms with E-state index in [-0.39, 0.29) is 36.1 Å². The SMILES string of the molecule is C[C@@H]1[C@@H](NC(=O)[C@@H]2[C@H]([C@H](C)O)[C@H](CO)ON2Cc2cccc(-c3cc(C(=O)O)cc(N(C)C)c3)c2OCCN2CCOCC2)CC2C[C@@H]1C2(C)C. The molecule has 2 bridgehead atoms. The first kappa shape index (κ1) is 37.5. The lowest BCUT2D eigenvalue weighted by atomic mass is 9.45. The molecule has 7 rings (SSSR count). The number of nitrogens with zero attached hydrogens (tertiary/aromatic N) is 3. The fraction of sp³-hybridized carbons (Fsp3) is 0.641. The van der Waals surface area contributed by atoms with Crippen LogP contribution in [0.25, 0.3) is 11.1 Å². The van der Waals surface area contributed by atoms with Gasteiger partial charge in [-0.05, 0) is 66.7 Å². The number of aliphatic hydroxyl groups is 2. The predicted octanol–water partition coefficient (Wildman–Crippen LogP) is 3.49. The minimum atomic E-state index is -1.03. The third kappa shape index (κ3) is 7.63. The molecule has 2 aliphatic heterocycles. The van der Waals surface area contributed by atoms with Gasteiger partial charge in [-0.3, -0.25) is 14.5 Å². The van der Waals surface area contributed by atoms with Gasteiger partial charge < -0.3 is 35.0 Å². The van der Waals surface area contributed by atoms with Gasteiger partial charge in [0.25, 0.3) is 0 Å². The maximum Gasteiger partial charge on any atom is 0.335 e. The number of ether oxygens (including phenoxy) is 2. The number of hydrogen-bond donors (Lipinski definition) is 4. The molecule has 5 aliphatic rings. The van der Waals surface area contributed by atoms with Crippen LogP contribution in [0.4, 0.5) is 5.69 Å². The lowest BCUT2D eigenvalue weighted by Crippen LogP contribution is -2.62. The number of benzene rings is 2. The number of aliphatic hydroxyl groups excluding tert-OH is 2. The molecule has 3 aliphatic carbocycles. The molecule has 12 heteroatoms. The van der Waals surface area contributed by atoms with Gasteiger partial charge in [0.15, 0.2) is 0 Å². The Morgan fingerprint density at radius 2 is 1.88 bits per heavy atom. The molecular formula is C39H56N4O8. The van der Waals surface area contributed by atoms with Gasteiger partial charge in [0, 0.05) is 62.5 Å². The third-order valence-corrected chi connectivity index (χ3v) is 12.2. The number of nitrogens with one attached hydrogen (secondary N) is 1. The van der Waals surface area contributed by atoms with Crippen molar-refractivity contribution in [2.24, 2.45) is 29.1 Å². The van der Waals surface area contributed by atoms with Crippen molar-refractivity contribution in [1.82, 2.24) is 15.3 Å². The maximum atomic E-state index is 14.3. The molecule has 1 amide bonds. The minimum Gasteiger partial charge on any atom is -0.491 e. The fourth-order valence-electron chi connectivity index (χ4n) is 9.01.